The van der Waals surface area contributed by atoms with Gasteiger partial charge in [0.2, 0.25) is 5.91 Å². The first-order valence-corrected chi connectivity index (χ1v) is 11.5. The molecule has 7 nitrogen and oxygen atoms in total. The van der Waals surface area contributed by atoms with E-state index in [4.69, 9.17) is 32.8 Å². The van der Waals surface area contributed by atoms with Crippen LogP contribution < -0.4 is 14.7 Å². The normalized spacial score (nSPS) is 21.8. The summed E-state index contributed by atoms with van der Waals surface area (Å²) in [6.45, 7) is 2.16. The second-order valence-corrected chi connectivity index (χ2v) is 8.71. The topological polar surface area (TPSA) is 79.3 Å². The molecule has 0 bridgehead atoms. The van der Waals surface area contributed by atoms with E-state index < -0.39 is 29.9 Å². The van der Waals surface area contributed by atoms with Gasteiger partial charge in [0.05, 0.1) is 34.1 Å². The standard InChI is InChI=1S/C25H20Cl2N2O5/c1-2-33-19-13-14(11-12-18(19)30)21-20-23(34-29(21)15-7-4-3-5-8-15)25(32)28(24(20)31)22-16(26)9-6-10-17(22)27/h3-13,20-21,23,30H,2H2,1H3/t20-,21+,23-/m1/s1. The maximum atomic E-state index is 13.7. The number of fused-ring (bicyclic) bond motifs is 1. The minimum Gasteiger partial charge on any atom is -0.504 e. The summed E-state index contributed by atoms with van der Waals surface area (Å²) < 4.78 is 5.55. The van der Waals surface area contributed by atoms with Gasteiger partial charge in [0, 0.05) is 0 Å². The lowest BCUT2D eigenvalue weighted by atomic mass is 9.90. The molecule has 2 amide bonds. The van der Waals surface area contributed by atoms with E-state index in [1.807, 2.05) is 37.3 Å². The Hall–Kier alpha value is -3.26. The number of halogens is 2. The number of hydrogen-bond donors (Lipinski definition) is 1. The molecule has 2 aliphatic heterocycles. The highest BCUT2D eigenvalue weighted by molar-refractivity contribution is 6.42. The quantitative estimate of drug-likeness (QED) is 0.490. The largest absolute Gasteiger partial charge is 0.504 e. The number of amides is 2. The van der Waals surface area contributed by atoms with Gasteiger partial charge in [-0.1, -0.05) is 53.5 Å². The Labute approximate surface area is 206 Å². The highest BCUT2D eigenvalue weighted by Crippen LogP contribution is 2.50. The van der Waals surface area contributed by atoms with Crippen molar-refractivity contribution in [2.75, 3.05) is 16.6 Å². The fourth-order valence-corrected chi connectivity index (χ4v) is 5.03. The molecular formula is C25H20Cl2N2O5. The molecule has 0 radical (unpaired) electrons. The van der Waals surface area contributed by atoms with Gasteiger partial charge in [-0.3, -0.25) is 14.4 Å². The molecular weight excluding hydrogens is 479 g/mol. The van der Waals surface area contributed by atoms with Gasteiger partial charge in [0.25, 0.3) is 5.91 Å². The summed E-state index contributed by atoms with van der Waals surface area (Å²) in [5.74, 6) is -1.64. The van der Waals surface area contributed by atoms with Crippen LogP contribution in [0.3, 0.4) is 0 Å². The number of nitrogens with zero attached hydrogens (tertiary/aromatic N) is 2. The van der Waals surface area contributed by atoms with Gasteiger partial charge < -0.3 is 9.84 Å². The smallest absolute Gasteiger partial charge is 0.266 e. The van der Waals surface area contributed by atoms with E-state index in [0.717, 1.165) is 4.90 Å². The predicted molar refractivity (Wildman–Crippen MR) is 128 cm³/mol. The van der Waals surface area contributed by atoms with Crippen molar-refractivity contribution in [1.29, 1.82) is 0 Å². The number of phenolic OH excluding ortho intramolecular Hbond substituents is 1. The number of carbonyl (C=O) groups is 2. The minimum atomic E-state index is -1.07. The lowest BCUT2D eigenvalue weighted by Gasteiger charge is -2.29. The first-order chi connectivity index (χ1) is 16.4. The Kier molecular flexibility index (Phi) is 5.85. The van der Waals surface area contributed by atoms with E-state index in [2.05, 4.69) is 0 Å². The van der Waals surface area contributed by atoms with E-state index in [9.17, 15) is 14.7 Å². The zero-order valence-electron chi connectivity index (χ0n) is 18.0. The molecule has 0 unspecified atom stereocenters. The number of para-hydroxylation sites is 2. The van der Waals surface area contributed by atoms with Crippen molar-refractivity contribution in [3.05, 3.63) is 82.3 Å². The highest BCUT2D eigenvalue weighted by Gasteiger charge is 2.60. The van der Waals surface area contributed by atoms with Crippen LogP contribution in [0.4, 0.5) is 11.4 Å². The highest BCUT2D eigenvalue weighted by atomic mass is 35.5. The molecule has 0 spiro atoms. The second kappa shape index (κ2) is 8.83. The predicted octanol–water partition coefficient (Wildman–Crippen LogP) is 5.15. The molecule has 1 N–H and O–H groups in total. The number of ether oxygens (including phenoxy) is 1. The molecule has 3 atom stereocenters. The Bertz CT molecular complexity index is 1250. The van der Waals surface area contributed by atoms with Crippen molar-refractivity contribution in [2.24, 2.45) is 5.92 Å². The lowest BCUT2D eigenvalue weighted by Crippen LogP contribution is -2.37. The Morgan fingerprint density at radius 2 is 1.68 bits per heavy atom. The molecule has 0 aromatic heterocycles. The summed E-state index contributed by atoms with van der Waals surface area (Å²) in [6.07, 6.45) is -1.07. The second-order valence-electron chi connectivity index (χ2n) is 7.90. The number of aromatic hydroxyl groups is 1. The average Bonchev–Trinajstić information content (AvgIpc) is 3.33. The summed E-state index contributed by atoms with van der Waals surface area (Å²) in [7, 11) is 0. The number of carbonyl (C=O) groups excluding carboxylic acids is 2. The van der Waals surface area contributed by atoms with Gasteiger partial charge in [-0.25, -0.2) is 9.96 Å². The van der Waals surface area contributed by atoms with Gasteiger partial charge in [-0.15, -0.1) is 0 Å². The lowest BCUT2D eigenvalue weighted by molar-refractivity contribution is -0.126. The summed E-state index contributed by atoms with van der Waals surface area (Å²) in [6, 6.07) is 18.2. The van der Waals surface area contributed by atoms with Crippen molar-refractivity contribution in [1.82, 2.24) is 0 Å². The monoisotopic (exact) mass is 498 g/mol. The van der Waals surface area contributed by atoms with Crippen LogP contribution in [0.25, 0.3) is 0 Å². The van der Waals surface area contributed by atoms with E-state index in [0.29, 0.717) is 17.9 Å². The van der Waals surface area contributed by atoms with Crippen LogP contribution in [0.5, 0.6) is 11.5 Å². The van der Waals surface area contributed by atoms with Crippen LogP contribution in [0, 0.1) is 5.92 Å². The maximum Gasteiger partial charge on any atom is 0.266 e. The third-order valence-corrected chi connectivity index (χ3v) is 6.52. The number of anilines is 2. The van der Waals surface area contributed by atoms with Crippen molar-refractivity contribution in [2.45, 2.75) is 19.1 Å². The van der Waals surface area contributed by atoms with E-state index in [1.54, 1.807) is 35.4 Å². The number of benzene rings is 3. The summed E-state index contributed by atoms with van der Waals surface area (Å²) >= 11 is 12.6. The third kappa shape index (κ3) is 3.57. The Morgan fingerprint density at radius 1 is 0.971 bits per heavy atom. The van der Waals surface area contributed by atoms with Gasteiger partial charge in [-0.2, -0.15) is 0 Å². The molecule has 3 aromatic carbocycles. The molecule has 5 rings (SSSR count). The summed E-state index contributed by atoms with van der Waals surface area (Å²) in [5, 5.41) is 12.1. The first-order valence-electron chi connectivity index (χ1n) is 10.7. The maximum absolute atomic E-state index is 13.7. The van der Waals surface area contributed by atoms with Crippen molar-refractivity contribution in [3.63, 3.8) is 0 Å². The molecule has 3 aromatic rings. The van der Waals surface area contributed by atoms with Crippen molar-refractivity contribution in [3.8, 4) is 11.5 Å². The zero-order chi connectivity index (χ0) is 24.0. The van der Waals surface area contributed by atoms with E-state index in [-0.39, 0.29) is 27.2 Å². The number of rotatable bonds is 5. The number of phenols is 1. The Balaban J connectivity index is 1.62. The molecule has 0 saturated carbocycles. The first kappa shape index (κ1) is 22.5. The van der Waals surface area contributed by atoms with Gasteiger partial charge in [0.15, 0.2) is 17.6 Å². The fourth-order valence-electron chi connectivity index (χ4n) is 4.46. The average molecular weight is 499 g/mol. The van der Waals surface area contributed by atoms with Crippen molar-refractivity contribution >= 4 is 46.4 Å². The Morgan fingerprint density at radius 3 is 2.35 bits per heavy atom. The van der Waals surface area contributed by atoms with E-state index in [1.165, 1.54) is 6.07 Å². The molecule has 2 heterocycles. The molecule has 2 saturated heterocycles. The van der Waals surface area contributed by atoms with Crippen molar-refractivity contribution < 1.29 is 24.3 Å². The number of hydrogen-bond acceptors (Lipinski definition) is 6. The molecule has 174 valence electrons. The molecule has 9 heteroatoms. The molecule has 0 aliphatic carbocycles. The van der Waals surface area contributed by atoms with Crippen LogP contribution in [-0.4, -0.2) is 29.6 Å². The van der Waals surface area contributed by atoms with Crippen LogP contribution >= 0.6 is 23.2 Å². The molecule has 2 aliphatic rings. The van der Waals surface area contributed by atoms with Gasteiger partial charge in [0.1, 0.15) is 5.92 Å². The minimum absolute atomic E-state index is 0.0226. The van der Waals surface area contributed by atoms with Crippen LogP contribution in [0.2, 0.25) is 10.0 Å². The number of imide groups is 1. The van der Waals surface area contributed by atoms with E-state index >= 15 is 0 Å². The summed E-state index contributed by atoms with van der Waals surface area (Å²) in [4.78, 5) is 34.3. The SMILES string of the molecule is CCOc1cc([C@H]2[C@H]3C(=O)N(c4c(Cl)cccc4Cl)C(=O)[C@@H]3ON2c2ccccc2)ccc1O. The number of hydroxylamine groups is 1. The summed E-state index contributed by atoms with van der Waals surface area (Å²) in [5.41, 5.74) is 1.46. The van der Waals surface area contributed by atoms with Gasteiger partial charge in [-0.05, 0) is 48.9 Å². The zero-order valence-corrected chi connectivity index (χ0v) is 19.5. The molecule has 2 fully saturated rings. The van der Waals surface area contributed by atoms with Crippen LogP contribution in [0.1, 0.15) is 18.5 Å². The van der Waals surface area contributed by atoms with Crippen LogP contribution in [0.15, 0.2) is 66.7 Å². The van der Waals surface area contributed by atoms with Gasteiger partial charge >= 0.3 is 0 Å². The van der Waals surface area contributed by atoms with Crippen LogP contribution in [-0.2, 0) is 14.4 Å². The molecule has 34 heavy (non-hydrogen) atoms. The third-order valence-electron chi connectivity index (χ3n) is 5.91. The fraction of sp³-hybridized carbons (Fsp3) is 0.200.